The second-order valence-electron chi connectivity index (χ2n) is 18.1. The van der Waals surface area contributed by atoms with Crippen LogP contribution in [0.5, 0.6) is 0 Å². The van der Waals surface area contributed by atoms with Crippen molar-refractivity contribution in [3.63, 3.8) is 0 Å². The third kappa shape index (κ3) is 16.6. The number of aromatic nitrogens is 16. The van der Waals surface area contributed by atoms with Crippen LogP contribution in [0, 0.1) is 0 Å². The quantitative estimate of drug-likeness (QED) is 0.115. The molecule has 8 heterocycles. The third-order valence-electron chi connectivity index (χ3n) is 10.4. The van der Waals surface area contributed by atoms with Gasteiger partial charge in [0.1, 0.15) is 23.2 Å². The van der Waals surface area contributed by atoms with E-state index < -0.39 is 11.9 Å². The maximum absolute atomic E-state index is 12.3. The number of rotatable bonds is 10. The van der Waals surface area contributed by atoms with Gasteiger partial charge in [-0.25, -0.2) is 15.0 Å². The van der Waals surface area contributed by atoms with Crippen molar-refractivity contribution in [2.24, 2.45) is 0 Å². The van der Waals surface area contributed by atoms with Crippen LogP contribution in [-0.4, -0.2) is 80.8 Å². The summed E-state index contributed by atoms with van der Waals surface area (Å²) in [6.45, 7) is 20.3. The Balaban J connectivity index is 0.000000153. The molecule has 8 aromatic heterocycles. The molecule has 0 spiro atoms. The predicted octanol–water partition coefficient (Wildman–Crippen LogP) is 13.4. The first-order chi connectivity index (χ1) is 35.9. The molecule has 0 aliphatic heterocycles. The van der Waals surface area contributed by atoms with Crippen LogP contribution in [-0.2, 0) is 6.18 Å². The number of hydrogen-bond donors (Lipinski definition) is 3. The third-order valence-corrected chi connectivity index (χ3v) is 10.6. The van der Waals surface area contributed by atoms with Gasteiger partial charge in [-0.1, -0.05) is 121 Å². The molecule has 0 radical (unpaired) electrons. The van der Waals surface area contributed by atoms with E-state index in [1.807, 2.05) is 107 Å². The lowest BCUT2D eigenvalue weighted by atomic mass is 10.2. The van der Waals surface area contributed by atoms with Crippen molar-refractivity contribution in [1.29, 1.82) is 0 Å². The summed E-state index contributed by atoms with van der Waals surface area (Å²) in [6, 6.07) is 27.1. The number of nitrogens with zero attached hydrogens (tertiary/aromatic N) is 13. The Labute approximate surface area is 436 Å². The molecule has 0 atom stereocenters. The van der Waals surface area contributed by atoms with Crippen molar-refractivity contribution in [1.82, 2.24) is 80.8 Å². The summed E-state index contributed by atoms with van der Waals surface area (Å²) < 4.78 is 47.0. The molecule has 390 valence electrons. The molecular weight excluding hydrogens is 985 g/mol. The van der Waals surface area contributed by atoms with Crippen LogP contribution in [0.3, 0.4) is 0 Å². The van der Waals surface area contributed by atoms with E-state index in [-0.39, 0.29) is 17.7 Å². The van der Waals surface area contributed by atoms with Crippen LogP contribution < -0.4 is 0 Å². The van der Waals surface area contributed by atoms with Gasteiger partial charge in [-0.2, -0.15) is 38.4 Å². The Morgan fingerprint density at radius 2 is 0.827 bits per heavy atom. The van der Waals surface area contributed by atoms with E-state index in [4.69, 9.17) is 20.6 Å². The Morgan fingerprint density at radius 3 is 1.19 bits per heavy atom. The van der Waals surface area contributed by atoms with Crippen LogP contribution in [0.2, 0.25) is 5.02 Å². The molecule has 10 aromatic rings. The Hall–Kier alpha value is -8.33. The predicted molar refractivity (Wildman–Crippen MR) is 279 cm³/mol. The zero-order chi connectivity index (χ0) is 54.1. The van der Waals surface area contributed by atoms with Crippen LogP contribution >= 0.6 is 11.6 Å². The van der Waals surface area contributed by atoms with Gasteiger partial charge in [-0.05, 0) is 60.7 Å². The molecule has 0 fully saturated rings. The smallest absolute Gasteiger partial charge is 0.334 e. The zero-order valence-corrected chi connectivity index (χ0v) is 43.8. The fraction of sp³-hybridized carbons (Fsp3) is 0.302. The average Bonchev–Trinajstić information content (AvgIpc) is 4.28. The van der Waals surface area contributed by atoms with E-state index in [9.17, 15) is 13.2 Å². The zero-order valence-electron chi connectivity index (χ0n) is 43.1. The highest BCUT2D eigenvalue weighted by atomic mass is 35.5. The number of hydrogen-bond acceptors (Lipinski definition) is 15. The summed E-state index contributed by atoms with van der Waals surface area (Å²) in [4.78, 5) is 32.7. The van der Waals surface area contributed by atoms with Gasteiger partial charge in [0, 0.05) is 87.9 Å². The van der Waals surface area contributed by atoms with Crippen LogP contribution in [0.15, 0.2) is 131 Å². The van der Waals surface area contributed by atoms with E-state index in [1.54, 1.807) is 24.8 Å². The van der Waals surface area contributed by atoms with Gasteiger partial charge < -0.3 is 9.05 Å². The number of nitrogens with one attached hydrogen (secondary N) is 3. The van der Waals surface area contributed by atoms with Gasteiger partial charge >= 0.3 is 6.18 Å². The summed E-state index contributed by atoms with van der Waals surface area (Å²) in [5.41, 5.74) is 3.33. The van der Waals surface area contributed by atoms with Gasteiger partial charge in [0.15, 0.2) is 29.1 Å². The Morgan fingerprint density at radius 1 is 0.440 bits per heavy atom. The summed E-state index contributed by atoms with van der Waals surface area (Å²) in [5.74, 6) is 8.43. The molecule has 0 unspecified atom stereocenters. The monoisotopic (exact) mass is 1040 g/mol. The summed E-state index contributed by atoms with van der Waals surface area (Å²) in [7, 11) is 0. The SMILES string of the molecule is CC(C)c1nc(-c2ccc(Cl)cc2)n[nH]1.CC(C)c1nc(-c2ccccc2)n[nH]1.CC(C)c1nc(-c2ccncc2)n[nH]1.CC(C)c1noc(-c2ccc(C(F)(F)F)nc2)n1.CC(C)c1noc(-c2ccncc2)n1. The fourth-order valence-corrected chi connectivity index (χ4v) is 6.15. The Bertz CT molecular complexity index is 3010. The van der Waals surface area contributed by atoms with Crippen molar-refractivity contribution in [2.75, 3.05) is 0 Å². The maximum Gasteiger partial charge on any atom is 0.433 e. The fourth-order valence-electron chi connectivity index (χ4n) is 6.03. The minimum Gasteiger partial charge on any atom is -0.334 e. The number of alkyl halides is 3. The molecule has 22 heteroatoms. The summed E-state index contributed by atoms with van der Waals surface area (Å²) in [6.07, 6.45) is 3.50. The van der Waals surface area contributed by atoms with E-state index in [0.717, 1.165) is 80.3 Å². The molecule has 0 saturated heterocycles. The largest absolute Gasteiger partial charge is 0.433 e. The molecule has 10 rings (SSSR count). The minimum atomic E-state index is -4.45. The molecule has 0 saturated carbocycles. The normalized spacial score (nSPS) is 11.1. The first-order valence-corrected chi connectivity index (χ1v) is 24.3. The lowest BCUT2D eigenvalue weighted by Crippen LogP contribution is -2.07. The van der Waals surface area contributed by atoms with Gasteiger partial charge in [-0.3, -0.25) is 30.2 Å². The van der Waals surface area contributed by atoms with Gasteiger partial charge in [0.25, 0.3) is 11.8 Å². The first-order valence-electron chi connectivity index (χ1n) is 24.0. The van der Waals surface area contributed by atoms with E-state index in [2.05, 4.69) is 122 Å². The van der Waals surface area contributed by atoms with Crippen LogP contribution in [0.4, 0.5) is 13.2 Å². The Kier molecular flexibility index (Phi) is 19.8. The summed E-state index contributed by atoms with van der Waals surface area (Å²) in [5, 5.41) is 29.6. The summed E-state index contributed by atoms with van der Waals surface area (Å²) >= 11 is 5.81. The maximum atomic E-state index is 12.3. The topological polar surface area (TPSA) is 241 Å². The van der Waals surface area contributed by atoms with Crippen molar-refractivity contribution in [2.45, 2.75) is 105 Å². The number of halogens is 4. The lowest BCUT2D eigenvalue weighted by molar-refractivity contribution is -0.141. The molecule has 0 aliphatic carbocycles. The van der Waals surface area contributed by atoms with Gasteiger partial charge in [-0.15, -0.1) is 0 Å². The highest BCUT2D eigenvalue weighted by molar-refractivity contribution is 6.30. The molecule has 0 amide bonds. The molecule has 0 bridgehead atoms. The molecule has 3 N–H and O–H groups in total. The van der Waals surface area contributed by atoms with Crippen molar-refractivity contribution >= 4 is 11.6 Å². The van der Waals surface area contributed by atoms with Crippen LogP contribution in [0.25, 0.3) is 57.1 Å². The van der Waals surface area contributed by atoms with Crippen molar-refractivity contribution in [3.8, 4) is 57.1 Å². The standard InChI is InChI=1S/C11H12ClN3.C11H10F3N3O.C11H13N3.C10H12N4.C10H11N3O/c1-7(2)10-13-11(15-14-10)8-3-5-9(12)6-4-8;1-6(2)9-16-10(18-17-9)7-3-4-8(15-5-7)11(12,13)14;1-8(2)10-12-11(14-13-10)9-6-4-3-5-7-9;2*1-7(2)9-12-10(14-13-9)8-3-5-11-6-4-8/h3-7H,1-2H3,(H,13,14,15);3-6H,1-2H3;3-8H,1-2H3,(H,12,13,14);3-7H,1-2H3,(H,12,13,14);3-7H,1-2H3. The molecule has 18 nitrogen and oxygen atoms in total. The second kappa shape index (κ2) is 26.6. The van der Waals surface area contributed by atoms with Crippen LogP contribution in [0.1, 0.15) is 134 Å². The number of H-pyrrole nitrogens is 3. The number of aromatic amines is 3. The van der Waals surface area contributed by atoms with Crippen molar-refractivity contribution < 1.29 is 22.2 Å². The average molecular weight is 1040 g/mol. The second-order valence-corrected chi connectivity index (χ2v) is 18.5. The first kappa shape index (κ1) is 56.0. The number of benzene rings is 2. The molecule has 75 heavy (non-hydrogen) atoms. The van der Waals surface area contributed by atoms with Gasteiger partial charge in [0.2, 0.25) is 0 Å². The highest BCUT2D eigenvalue weighted by Crippen LogP contribution is 2.29. The van der Waals surface area contributed by atoms with Crippen molar-refractivity contribution in [3.05, 3.63) is 162 Å². The van der Waals surface area contributed by atoms with Gasteiger partial charge in [0.05, 0.1) is 5.56 Å². The van der Waals surface area contributed by atoms with E-state index >= 15 is 0 Å². The highest BCUT2D eigenvalue weighted by Gasteiger charge is 2.32. The molecule has 2 aromatic carbocycles. The van der Waals surface area contributed by atoms with E-state index in [0.29, 0.717) is 35.0 Å². The lowest BCUT2D eigenvalue weighted by Gasteiger charge is -2.04. The molecular formula is C53H58ClF3N16O2. The minimum absolute atomic E-state index is 0.0879. The molecule has 0 aliphatic rings. The van der Waals surface area contributed by atoms with E-state index in [1.165, 1.54) is 6.07 Å². The number of pyridine rings is 3.